The number of carbonyl (C=O) groups excluding carboxylic acids is 1. The van der Waals surface area contributed by atoms with E-state index in [1.54, 1.807) is 0 Å². The molecule has 0 aromatic heterocycles. The molecule has 1 atom stereocenters. The van der Waals surface area contributed by atoms with E-state index in [0.29, 0.717) is 19.5 Å². The quantitative estimate of drug-likeness (QED) is 0.688. The molecule has 5 heteroatoms. The molecule has 0 aliphatic carbocycles. The standard InChI is InChI=1S/C17H29N3O2/c1-13(2)16(21)9-10-18-17(22)19-11-14-5-7-15(8-6-14)12-20(3)4/h5-8,13,16,21H,9-12H2,1-4H3,(H2,18,19,22). The van der Waals surface area contributed by atoms with E-state index in [4.69, 9.17) is 0 Å². The van der Waals surface area contributed by atoms with Gasteiger partial charge in [0.05, 0.1) is 6.10 Å². The SMILES string of the molecule is CC(C)C(O)CCNC(=O)NCc1ccc(CN(C)C)cc1. The minimum absolute atomic E-state index is 0.201. The van der Waals surface area contributed by atoms with Gasteiger partial charge in [-0.25, -0.2) is 4.79 Å². The molecule has 0 bridgehead atoms. The number of aliphatic hydroxyl groups excluding tert-OH is 1. The summed E-state index contributed by atoms with van der Waals surface area (Å²) in [6.45, 7) is 5.82. The zero-order chi connectivity index (χ0) is 16.5. The molecular formula is C17H29N3O2. The third kappa shape index (κ3) is 7.43. The molecule has 0 saturated heterocycles. The number of benzene rings is 1. The lowest BCUT2D eigenvalue weighted by molar-refractivity contribution is 0.116. The van der Waals surface area contributed by atoms with Crippen molar-refractivity contribution in [1.82, 2.24) is 15.5 Å². The normalized spacial score (nSPS) is 12.5. The average molecular weight is 307 g/mol. The molecule has 0 heterocycles. The van der Waals surface area contributed by atoms with E-state index in [1.807, 2.05) is 40.1 Å². The second-order valence-electron chi connectivity index (χ2n) is 6.26. The zero-order valence-corrected chi connectivity index (χ0v) is 14.1. The number of nitrogens with one attached hydrogen (secondary N) is 2. The maximum atomic E-state index is 11.7. The van der Waals surface area contributed by atoms with Crippen molar-refractivity contribution in [2.24, 2.45) is 5.92 Å². The van der Waals surface area contributed by atoms with Gasteiger partial charge in [0.25, 0.3) is 0 Å². The monoisotopic (exact) mass is 307 g/mol. The third-order valence-corrected chi connectivity index (χ3v) is 3.47. The van der Waals surface area contributed by atoms with Crippen LogP contribution in [0.5, 0.6) is 0 Å². The van der Waals surface area contributed by atoms with Gasteiger partial charge in [-0.1, -0.05) is 38.1 Å². The molecule has 1 aromatic carbocycles. The summed E-state index contributed by atoms with van der Waals surface area (Å²) in [5.41, 5.74) is 2.32. The molecule has 3 N–H and O–H groups in total. The van der Waals surface area contributed by atoms with Gasteiger partial charge in [0.15, 0.2) is 0 Å². The summed E-state index contributed by atoms with van der Waals surface area (Å²) in [5, 5.41) is 15.2. The molecule has 0 fully saturated rings. The average Bonchev–Trinajstić information content (AvgIpc) is 2.45. The Bertz CT molecular complexity index is 444. The highest BCUT2D eigenvalue weighted by Gasteiger charge is 2.09. The fraction of sp³-hybridized carbons (Fsp3) is 0.588. The Morgan fingerprint density at radius 3 is 2.27 bits per heavy atom. The molecule has 0 radical (unpaired) electrons. The number of nitrogens with zero attached hydrogens (tertiary/aromatic N) is 1. The Hall–Kier alpha value is -1.59. The number of hydrogen-bond acceptors (Lipinski definition) is 3. The van der Waals surface area contributed by atoms with Crippen LogP contribution < -0.4 is 10.6 Å². The van der Waals surface area contributed by atoms with Crippen molar-refractivity contribution in [2.45, 2.75) is 39.5 Å². The van der Waals surface area contributed by atoms with E-state index in [9.17, 15) is 9.90 Å². The van der Waals surface area contributed by atoms with E-state index < -0.39 is 0 Å². The minimum Gasteiger partial charge on any atom is -0.393 e. The number of carbonyl (C=O) groups is 1. The second kappa shape index (κ2) is 9.43. The van der Waals surface area contributed by atoms with Crippen molar-refractivity contribution in [1.29, 1.82) is 0 Å². The summed E-state index contributed by atoms with van der Waals surface area (Å²) in [7, 11) is 4.08. The van der Waals surface area contributed by atoms with Crippen molar-refractivity contribution in [3.63, 3.8) is 0 Å². The highest BCUT2D eigenvalue weighted by molar-refractivity contribution is 5.73. The smallest absolute Gasteiger partial charge is 0.315 e. The van der Waals surface area contributed by atoms with E-state index in [1.165, 1.54) is 5.56 Å². The maximum absolute atomic E-state index is 11.7. The number of amides is 2. The van der Waals surface area contributed by atoms with E-state index in [-0.39, 0.29) is 18.1 Å². The van der Waals surface area contributed by atoms with Crippen LogP contribution in [0.1, 0.15) is 31.4 Å². The van der Waals surface area contributed by atoms with Gasteiger partial charge in [0.2, 0.25) is 0 Å². The largest absolute Gasteiger partial charge is 0.393 e. The van der Waals surface area contributed by atoms with Crippen LogP contribution in [-0.2, 0) is 13.1 Å². The van der Waals surface area contributed by atoms with Crippen LogP contribution in [-0.4, -0.2) is 42.8 Å². The lowest BCUT2D eigenvalue weighted by atomic mass is 10.0. The van der Waals surface area contributed by atoms with E-state index in [2.05, 4.69) is 27.7 Å². The van der Waals surface area contributed by atoms with Crippen molar-refractivity contribution < 1.29 is 9.90 Å². The Kier molecular flexibility index (Phi) is 7.91. The second-order valence-corrected chi connectivity index (χ2v) is 6.26. The van der Waals surface area contributed by atoms with Crippen LogP contribution in [0, 0.1) is 5.92 Å². The fourth-order valence-corrected chi connectivity index (χ4v) is 2.04. The van der Waals surface area contributed by atoms with Gasteiger partial charge in [-0.3, -0.25) is 0 Å². The van der Waals surface area contributed by atoms with Crippen LogP contribution >= 0.6 is 0 Å². The predicted octanol–water partition coefficient (Wildman–Crippen LogP) is 1.95. The van der Waals surface area contributed by atoms with E-state index >= 15 is 0 Å². The number of rotatable bonds is 8. The van der Waals surface area contributed by atoms with Gasteiger partial charge in [-0.2, -0.15) is 0 Å². The first kappa shape index (κ1) is 18.5. The zero-order valence-electron chi connectivity index (χ0n) is 14.1. The molecule has 0 saturated carbocycles. The highest BCUT2D eigenvalue weighted by atomic mass is 16.3. The third-order valence-electron chi connectivity index (χ3n) is 3.47. The minimum atomic E-state index is -0.371. The Balaban J connectivity index is 2.26. The topological polar surface area (TPSA) is 64.6 Å². The van der Waals surface area contributed by atoms with Gasteiger partial charge in [0, 0.05) is 19.6 Å². The van der Waals surface area contributed by atoms with Crippen molar-refractivity contribution >= 4 is 6.03 Å². The molecule has 5 nitrogen and oxygen atoms in total. The molecule has 1 aromatic rings. The van der Waals surface area contributed by atoms with Crippen LogP contribution in [0.4, 0.5) is 4.79 Å². The first-order valence-electron chi connectivity index (χ1n) is 7.80. The van der Waals surface area contributed by atoms with Crippen molar-refractivity contribution in [2.75, 3.05) is 20.6 Å². The van der Waals surface area contributed by atoms with Crippen LogP contribution in [0.15, 0.2) is 24.3 Å². The van der Waals surface area contributed by atoms with E-state index in [0.717, 1.165) is 12.1 Å². The summed E-state index contributed by atoms with van der Waals surface area (Å²) in [5.74, 6) is 0.213. The van der Waals surface area contributed by atoms with Gasteiger partial charge >= 0.3 is 6.03 Å². The Morgan fingerprint density at radius 1 is 1.14 bits per heavy atom. The van der Waals surface area contributed by atoms with Gasteiger partial charge in [-0.05, 0) is 37.6 Å². The predicted molar refractivity (Wildman–Crippen MR) is 89.5 cm³/mol. The maximum Gasteiger partial charge on any atom is 0.315 e. The molecular weight excluding hydrogens is 278 g/mol. The molecule has 124 valence electrons. The fourth-order valence-electron chi connectivity index (χ4n) is 2.04. The summed E-state index contributed by atoms with van der Waals surface area (Å²) >= 11 is 0. The molecule has 22 heavy (non-hydrogen) atoms. The molecule has 0 aliphatic rings. The van der Waals surface area contributed by atoms with Crippen molar-refractivity contribution in [3.05, 3.63) is 35.4 Å². The number of hydrogen-bond donors (Lipinski definition) is 3. The molecule has 0 spiro atoms. The lowest BCUT2D eigenvalue weighted by Crippen LogP contribution is -2.37. The molecule has 0 aliphatic heterocycles. The molecule has 1 unspecified atom stereocenters. The van der Waals surface area contributed by atoms with Gasteiger partial charge < -0.3 is 20.6 Å². The first-order valence-corrected chi connectivity index (χ1v) is 7.80. The van der Waals surface area contributed by atoms with Crippen LogP contribution in [0.2, 0.25) is 0 Å². The number of aliphatic hydroxyl groups is 1. The molecule has 2 amide bonds. The summed E-state index contributed by atoms with van der Waals surface area (Å²) < 4.78 is 0. The Labute approximate surface area is 133 Å². The summed E-state index contributed by atoms with van der Waals surface area (Å²) in [6.07, 6.45) is 0.203. The van der Waals surface area contributed by atoms with Crippen LogP contribution in [0.25, 0.3) is 0 Å². The summed E-state index contributed by atoms with van der Waals surface area (Å²) in [6, 6.07) is 8.01. The Morgan fingerprint density at radius 2 is 1.73 bits per heavy atom. The van der Waals surface area contributed by atoms with Gasteiger partial charge in [0.1, 0.15) is 0 Å². The first-order chi connectivity index (χ1) is 10.4. The highest BCUT2D eigenvalue weighted by Crippen LogP contribution is 2.06. The van der Waals surface area contributed by atoms with Crippen molar-refractivity contribution in [3.8, 4) is 0 Å². The summed E-state index contributed by atoms with van der Waals surface area (Å²) in [4.78, 5) is 13.8. The number of urea groups is 1. The van der Waals surface area contributed by atoms with Gasteiger partial charge in [-0.15, -0.1) is 0 Å². The van der Waals surface area contributed by atoms with Crippen LogP contribution in [0.3, 0.4) is 0 Å². The molecule has 1 rings (SSSR count). The lowest BCUT2D eigenvalue weighted by Gasteiger charge is -2.15.